The van der Waals surface area contributed by atoms with Gasteiger partial charge >= 0.3 is 0 Å². The van der Waals surface area contributed by atoms with Crippen LogP contribution in [0.25, 0.3) is 0 Å². The van der Waals surface area contributed by atoms with Crippen LogP contribution in [0.2, 0.25) is 0 Å². The fourth-order valence-corrected chi connectivity index (χ4v) is 1.17. The van der Waals surface area contributed by atoms with Crippen LogP contribution in [0.3, 0.4) is 0 Å². The monoisotopic (exact) mass is 192 g/mol. The molecule has 0 atom stereocenters. The number of hydrogen-bond donors (Lipinski definition) is 0. The highest BCUT2D eigenvalue weighted by molar-refractivity contribution is 5.30. The molecule has 0 rings (SSSR count). The zero-order valence-corrected chi connectivity index (χ0v) is 10.2. The molecule has 0 unspecified atom stereocenters. The van der Waals surface area contributed by atoms with Gasteiger partial charge in [-0.25, -0.2) is 0 Å². The van der Waals surface area contributed by atoms with Crippen molar-refractivity contribution in [2.24, 2.45) is 0 Å². The van der Waals surface area contributed by atoms with Gasteiger partial charge in [0.15, 0.2) is 0 Å². The van der Waals surface area contributed by atoms with Crippen LogP contribution in [-0.4, -0.2) is 0 Å². The second-order valence-corrected chi connectivity index (χ2v) is 3.94. The van der Waals surface area contributed by atoms with E-state index in [1.165, 1.54) is 36.0 Å². The summed E-state index contributed by atoms with van der Waals surface area (Å²) in [5.41, 5.74) is 4.04. The first kappa shape index (κ1) is 13.2. The highest BCUT2D eigenvalue weighted by Crippen LogP contribution is 2.16. The quantitative estimate of drug-likeness (QED) is 0.517. The second-order valence-electron chi connectivity index (χ2n) is 3.94. The molecule has 0 aliphatic heterocycles. The lowest BCUT2D eigenvalue weighted by molar-refractivity contribution is 0.791. The van der Waals surface area contributed by atoms with Gasteiger partial charge in [0, 0.05) is 0 Å². The topological polar surface area (TPSA) is 0 Å². The Morgan fingerprint density at radius 2 is 1.79 bits per heavy atom. The van der Waals surface area contributed by atoms with E-state index < -0.39 is 0 Å². The highest BCUT2D eigenvalue weighted by atomic mass is 14.0. The van der Waals surface area contributed by atoms with E-state index in [0.717, 1.165) is 6.42 Å². The van der Waals surface area contributed by atoms with Crippen molar-refractivity contribution in [1.82, 2.24) is 0 Å². The van der Waals surface area contributed by atoms with E-state index >= 15 is 0 Å². The molecule has 0 aromatic heterocycles. The third kappa shape index (κ3) is 5.80. The smallest absolute Gasteiger partial charge is 0.0277 e. The van der Waals surface area contributed by atoms with Crippen molar-refractivity contribution < 1.29 is 0 Å². The first-order chi connectivity index (χ1) is 6.61. The predicted octanol–water partition coefficient (Wildman–Crippen LogP) is 5.04. The molecule has 0 spiro atoms. The second kappa shape index (κ2) is 7.61. The Kier molecular flexibility index (Phi) is 7.18. The summed E-state index contributed by atoms with van der Waals surface area (Å²) in [4.78, 5) is 0. The maximum atomic E-state index is 4.01. The lowest BCUT2D eigenvalue weighted by atomic mass is 10.0. The zero-order chi connectivity index (χ0) is 11.0. The van der Waals surface area contributed by atoms with Crippen molar-refractivity contribution in [3.63, 3.8) is 0 Å². The number of unbranched alkanes of at least 4 members (excludes halogenated alkanes) is 1. The van der Waals surface area contributed by atoms with Gasteiger partial charge in [0.05, 0.1) is 0 Å². The Morgan fingerprint density at radius 3 is 2.21 bits per heavy atom. The van der Waals surface area contributed by atoms with E-state index in [-0.39, 0.29) is 0 Å². The van der Waals surface area contributed by atoms with Crippen LogP contribution in [0.5, 0.6) is 0 Å². The minimum Gasteiger partial charge on any atom is -0.0958 e. The zero-order valence-electron chi connectivity index (χ0n) is 10.2. The summed E-state index contributed by atoms with van der Waals surface area (Å²) in [6, 6.07) is 0. The van der Waals surface area contributed by atoms with Crippen LogP contribution in [0.15, 0.2) is 35.5 Å². The molecule has 0 heterocycles. The fraction of sp³-hybridized carbons (Fsp3) is 0.571. The summed E-state index contributed by atoms with van der Waals surface area (Å²) >= 11 is 0. The summed E-state index contributed by atoms with van der Waals surface area (Å²) in [5, 5.41) is 0. The normalized spacial score (nSPS) is 13.1. The Morgan fingerprint density at radius 1 is 1.14 bits per heavy atom. The van der Waals surface area contributed by atoms with Crippen LogP contribution < -0.4 is 0 Å². The lowest BCUT2D eigenvalue weighted by Gasteiger charge is -2.04. The average molecular weight is 192 g/mol. The van der Waals surface area contributed by atoms with Crippen molar-refractivity contribution in [1.29, 1.82) is 0 Å². The molecule has 0 heteroatoms. The molecule has 0 saturated carbocycles. The minimum absolute atomic E-state index is 1.13. The maximum Gasteiger partial charge on any atom is -0.0277 e. The molecule has 0 N–H and O–H groups in total. The highest BCUT2D eigenvalue weighted by Gasteiger charge is 1.96. The summed E-state index contributed by atoms with van der Waals surface area (Å²) in [7, 11) is 0. The van der Waals surface area contributed by atoms with Gasteiger partial charge in [-0.05, 0) is 38.7 Å². The first-order valence-electron chi connectivity index (χ1n) is 5.64. The summed E-state index contributed by atoms with van der Waals surface area (Å²) < 4.78 is 0. The van der Waals surface area contributed by atoms with Gasteiger partial charge in [-0.3, -0.25) is 0 Å². The van der Waals surface area contributed by atoms with Crippen LogP contribution >= 0.6 is 0 Å². The summed E-state index contributed by atoms with van der Waals surface area (Å²) in [6.45, 7) is 12.7. The Bertz CT molecular complexity index is 228. The van der Waals surface area contributed by atoms with Crippen LogP contribution in [-0.2, 0) is 0 Å². The molecule has 0 aromatic rings. The molecule has 80 valence electrons. The van der Waals surface area contributed by atoms with Gasteiger partial charge in [-0.1, -0.05) is 50.1 Å². The number of rotatable bonds is 6. The Balaban J connectivity index is 4.40. The molecule has 0 saturated heterocycles. The molecule has 0 aromatic carbocycles. The van der Waals surface area contributed by atoms with E-state index in [2.05, 4.69) is 46.4 Å². The maximum absolute atomic E-state index is 4.01. The van der Waals surface area contributed by atoms with Crippen molar-refractivity contribution in [2.45, 2.75) is 53.4 Å². The molecule has 0 radical (unpaired) electrons. The van der Waals surface area contributed by atoms with Crippen LogP contribution in [0.1, 0.15) is 53.4 Å². The summed E-state index contributed by atoms with van der Waals surface area (Å²) in [5.74, 6) is 0. The Labute approximate surface area is 89.4 Å². The van der Waals surface area contributed by atoms with Gasteiger partial charge in [-0.15, -0.1) is 0 Å². The van der Waals surface area contributed by atoms with Crippen molar-refractivity contribution in [3.8, 4) is 0 Å². The van der Waals surface area contributed by atoms with Crippen molar-refractivity contribution in [3.05, 3.63) is 35.5 Å². The fourth-order valence-electron chi connectivity index (χ4n) is 1.17. The number of allylic oxidation sites excluding steroid dienone is 5. The minimum atomic E-state index is 1.13. The van der Waals surface area contributed by atoms with Gasteiger partial charge in [0.2, 0.25) is 0 Å². The SMILES string of the molecule is C=C(C)/C(=C\C=C(/C)CC)CCCC. The van der Waals surface area contributed by atoms with E-state index in [0.29, 0.717) is 0 Å². The van der Waals surface area contributed by atoms with Gasteiger partial charge in [0.1, 0.15) is 0 Å². The van der Waals surface area contributed by atoms with Crippen molar-refractivity contribution in [2.75, 3.05) is 0 Å². The average Bonchev–Trinajstić information content (AvgIpc) is 2.16. The van der Waals surface area contributed by atoms with Crippen molar-refractivity contribution >= 4 is 0 Å². The molecule has 0 nitrogen and oxygen atoms in total. The third-order valence-electron chi connectivity index (χ3n) is 2.47. The molecular weight excluding hydrogens is 168 g/mol. The van der Waals surface area contributed by atoms with Gasteiger partial charge in [0.25, 0.3) is 0 Å². The molecule has 0 aliphatic rings. The molecule has 0 amide bonds. The third-order valence-corrected chi connectivity index (χ3v) is 2.47. The van der Waals surface area contributed by atoms with E-state index in [1.807, 2.05) is 0 Å². The molecule has 0 bridgehead atoms. The largest absolute Gasteiger partial charge is 0.0958 e. The molecule has 14 heavy (non-hydrogen) atoms. The Hall–Kier alpha value is -0.780. The van der Waals surface area contributed by atoms with E-state index in [9.17, 15) is 0 Å². The standard InChI is InChI=1S/C14H24/c1-6-8-9-14(12(3)4)11-10-13(5)7-2/h10-11H,3,6-9H2,1-2,4-5H3/b13-10+,14-11-. The van der Waals surface area contributed by atoms with Gasteiger partial charge in [-0.2, -0.15) is 0 Å². The van der Waals surface area contributed by atoms with Crippen LogP contribution in [0.4, 0.5) is 0 Å². The van der Waals surface area contributed by atoms with E-state index in [4.69, 9.17) is 0 Å². The van der Waals surface area contributed by atoms with Gasteiger partial charge < -0.3 is 0 Å². The number of hydrogen-bond acceptors (Lipinski definition) is 0. The molecular formula is C14H24. The predicted molar refractivity (Wildman–Crippen MR) is 66.5 cm³/mol. The van der Waals surface area contributed by atoms with E-state index in [1.54, 1.807) is 0 Å². The molecule has 0 fully saturated rings. The first-order valence-corrected chi connectivity index (χ1v) is 5.64. The lowest BCUT2D eigenvalue weighted by Crippen LogP contribution is -1.85. The summed E-state index contributed by atoms with van der Waals surface area (Å²) in [6.07, 6.45) is 9.27. The molecule has 0 aliphatic carbocycles. The van der Waals surface area contributed by atoms with Crippen LogP contribution in [0, 0.1) is 0 Å².